The summed E-state index contributed by atoms with van der Waals surface area (Å²) in [5.74, 6) is -0.289. The molecule has 4 rings (SSSR count). The summed E-state index contributed by atoms with van der Waals surface area (Å²) in [5, 5.41) is 10.8. The molecule has 4 nitrogen and oxygen atoms in total. The summed E-state index contributed by atoms with van der Waals surface area (Å²) < 4.78 is 30.7. The minimum absolute atomic E-state index is 0. The number of fused-ring (bicyclic) bond motifs is 1. The van der Waals surface area contributed by atoms with Crippen molar-refractivity contribution < 1.29 is 8.78 Å². The monoisotopic (exact) mass is 404 g/mol. The van der Waals surface area contributed by atoms with Crippen molar-refractivity contribution in [2.75, 3.05) is 18.4 Å². The van der Waals surface area contributed by atoms with Crippen LogP contribution in [0, 0.1) is 30.4 Å². The van der Waals surface area contributed by atoms with Gasteiger partial charge in [-0.1, -0.05) is 0 Å². The summed E-state index contributed by atoms with van der Waals surface area (Å²) in [6, 6.07) is 3.51. The predicted octanol–water partition coefficient (Wildman–Crippen LogP) is 3.93. The normalized spacial score (nSPS) is 23.9. The number of aromatic nitrogens is 2. The molecule has 2 aromatic rings. The molecule has 0 bridgehead atoms. The zero-order valence-corrected chi connectivity index (χ0v) is 16.4. The highest BCUT2D eigenvalue weighted by Crippen LogP contribution is 2.37. The first-order chi connectivity index (χ1) is 11.5. The predicted molar refractivity (Wildman–Crippen MR) is 104 cm³/mol. The van der Waals surface area contributed by atoms with Crippen LogP contribution in [0.3, 0.4) is 0 Å². The van der Waals surface area contributed by atoms with Crippen molar-refractivity contribution in [1.29, 1.82) is 0 Å². The van der Waals surface area contributed by atoms with Crippen molar-refractivity contribution in [1.82, 2.24) is 15.1 Å². The first-order valence-electron chi connectivity index (χ1n) is 8.48. The number of nitrogens with zero attached hydrogens (tertiary/aromatic N) is 2. The number of rotatable bonds is 3. The summed E-state index contributed by atoms with van der Waals surface area (Å²) in [7, 11) is 1.77. The molecule has 1 saturated carbocycles. The topological polar surface area (TPSA) is 41.9 Å². The number of nitrogens with one attached hydrogen (secondary N) is 2. The van der Waals surface area contributed by atoms with Gasteiger partial charge in [0.1, 0.15) is 0 Å². The van der Waals surface area contributed by atoms with Crippen LogP contribution in [0.2, 0.25) is 0 Å². The van der Waals surface area contributed by atoms with Gasteiger partial charge >= 0.3 is 0 Å². The van der Waals surface area contributed by atoms with Crippen LogP contribution in [0.4, 0.5) is 14.5 Å². The van der Waals surface area contributed by atoms with E-state index in [-0.39, 0.29) is 42.1 Å². The SMILES string of the molecule is Cc1nn(C)cc1-c1ccc(NC2C[C@H]3CNC[C@H]3C2)c(F)c1F.Cl.Cl. The molecule has 1 aromatic heterocycles. The molecule has 8 heteroatoms. The van der Waals surface area contributed by atoms with E-state index in [2.05, 4.69) is 15.7 Å². The molecule has 0 spiro atoms. The lowest BCUT2D eigenvalue weighted by atomic mass is 10.0. The molecule has 2 aliphatic rings. The number of anilines is 1. The quantitative estimate of drug-likeness (QED) is 0.814. The first kappa shape index (κ1) is 20.9. The van der Waals surface area contributed by atoms with Gasteiger partial charge in [0, 0.05) is 30.4 Å². The van der Waals surface area contributed by atoms with E-state index in [0.29, 0.717) is 23.1 Å². The lowest BCUT2D eigenvalue weighted by molar-refractivity contribution is 0.494. The second-order valence-electron chi connectivity index (χ2n) is 7.08. The number of hydrogen-bond donors (Lipinski definition) is 2. The molecule has 1 unspecified atom stereocenters. The Balaban J connectivity index is 0.00000121. The lowest BCUT2D eigenvalue weighted by Gasteiger charge is -2.17. The van der Waals surface area contributed by atoms with E-state index in [1.165, 1.54) is 0 Å². The third kappa shape index (κ3) is 3.68. The summed E-state index contributed by atoms with van der Waals surface area (Å²) in [6.07, 6.45) is 3.75. The van der Waals surface area contributed by atoms with Gasteiger partial charge in [0.15, 0.2) is 11.6 Å². The van der Waals surface area contributed by atoms with Crippen LogP contribution in [-0.2, 0) is 7.05 Å². The van der Waals surface area contributed by atoms with E-state index in [4.69, 9.17) is 0 Å². The standard InChI is InChI=1S/C18H22F2N4.2ClH/c1-10-15(9-24(2)23-10)14-3-4-16(18(20)17(14)19)22-13-5-11-7-21-8-12(11)6-13;;/h3-4,9,11-13,21-22H,5-8H2,1-2H3;2*1H/t11-,12+,13?;;. The Bertz CT molecular complexity index is 769. The van der Waals surface area contributed by atoms with Crippen LogP contribution >= 0.6 is 24.8 Å². The maximum absolute atomic E-state index is 14.6. The van der Waals surface area contributed by atoms with Gasteiger partial charge in [0.25, 0.3) is 0 Å². The second kappa shape index (κ2) is 8.11. The van der Waals surface area contributed by atoms with Crippen molar-refractivity contribution in [3.05, 3.63) is 35.7 Å². The van der Waals surface area contributed by atoms with Crippen molar-refractivity contribution in [3.63, 3.8) is 0 Å². The molecule has 1 aromatic carbocycles. The zero-order valence-electron chi connectivity index (χ0n) is 14.8. The molecular weight excluding hydrogens is 381 g/mol. The molecule has 2 N–H and O–H groups in total. The molecule has 2 fully saturated rings. The summed E-state index contributed by atoms with van der Waals surface area (Å²) in [6.45, 7) is 3.88. The van der Waals surface area contributed by atoms with E-state index < -0.39 is 11.6 Å². The largest absolute Gasteiger partial charge is 0.380 e. The molecular formula is C18H24Cl2F2N4. The van der Waals surface area contributed by atoms with Gasteiger partial charge in [-0.05, 0) is 56.8 Å². The Labute approximate surface area is 164 Å². The van der Waals surface area contributed by atoms with Gasteiger partial charge in [-0.3, -0.25) is 4.68 Å². The molecule has 3 atom stereocenters. The van der Waals surface area contributed by atoms with Crippen molar-refractivity contribution in [2.45, 2.75) is 25.8 Å². The number of aryl methyl sites for hydroxylation is 2. The van der Waals surface area contributed by atoms with Gasteiger partial charge in [-0.25, -0.2) is 8.78 Å². The Morgan fingerprint density at radius 2 is 1.73 bits per heavy atom. The fourth-order valence-electron chi connectivity index (χ4n) is 4.24. The maximum Gasteiger partial charge on any atom is 0.182 e. The Morgan fingerprint density at radius 3 is 2.31 bits per heavy atom. The van der Waals surface area contributed by atoms with E-state index >= 15 is 0 Å². The van der Waals surface area contributed by atoms with E-state index in [1.807, 2.05) is 0 Å². The van der Waals surface area contributed by atoms with Crippen LogP contribution in [0.15, 0.2) is 18.3 Å². The van der Waals surface area contributed by atoms with Crippen molar-refractivity contribution in [3.8, 4) is 11.1 Å². The van der Waals surface area contributed by atoms with Crippen LogP contribution in [-0.4, -0.2) is 28.9 Å². The van der Waals surface area contributed by atoms with Crippen molar-refractivity contribution in [2.24, 2.45) is 18.9 Å². The first-order valence-corrected chi connectivity index (χ1v) is 8.48. The lowest BCUT2D eigenvalue weighted by Crippen LogP contribution is -2.21. The van der Waals surface area contributed by atoms with Gasteiger partial charge in [-0.2, -0.15) is 5.10 Å². The molecule has 144 valence electrons. The van der Waals surface area contributed by atoms with Gasteiger partial charge in [-0.15, -0.1) is 24.8 Å². The second-order valence-corrected chi connectivity index (χ2v) is 7.08. The smallest absolute Gasteiger partial charge is 0.182 e. The van der Waals surface area contributed by atoms with Crippen LogP contribution in [0.5, 0.6) is 0 Å². The molecule has 1 aliphatic carbocycles. The summed E-state index contributed by atoms with van der Waals surface area (Å²) in [4.78, 5) is 0. The minimum Gasteiger partial charge on any atom is -0.380 e. The fraction of sp³-hybridized carbons (Fsp3) is 0.500. The number of halogens is 4. The third-order valence-electron chi connectivity index (χ3n) is 5.40. The molecule has 0 radical (unpaired) electrons. The van der Waals surface area contributed by atoms with E-state index in [0.717, 1.165) is 25.9 Å². The van der Waals surface area contributed by atoms with E-state index in [9.17, 15) is 8.78 Å². The Hall–Kier alpha value is -1.37. The average molecular weight is 405 g/mol. The number of benzene rings is 1. The number of hydrogen-bond acceptors (Lipinski definition) is 3. The highest BCUT2D eigenvalue weighted by Gasteiger charge is 2.37. The van der Waals surface area contributed by atoms with Crippen molar-refractivity contribution >= 4 is 30.5 Å². The van der Waals surface area contributed by atoms with Crippen LogP contribution < -0.4 is 10.6 Å². The highest BCUT2D eigenvalue weighted by atomic mass is 35.5. The highest BCUT2D eigenvalue weighted by molar-refractivity contribution is 5.85. The van der Waals surface area contributed by atoms with Gasteiger partial charge in [0.05, 0.1) is 11.4 Å². The van der Waals surface area contributed by atoms with Gasteiger partial charge in [0.2, 0.25) is 0 Å². The van der Waals surface area contributed by atoms with Crippen LogP contribution in [0.25, 0.3) is 11.1 Å². The maximum atomic E-state index is 14.6. The average Bonchev–Trinajstić information content (AvgIpc) is 3.19. The minimum atomic E-state index is -0.809. The molecule has 26 heavy (non-hydrogen) atoms. The van der Waals surface area contributed by atoms with Crippen LogP contribution in [0.1, 0.15) is 18.5 Å². The Morgan fingerprint density at radius 1 is 1.08 bits per heavy atom. The molecule has 2 heterocycles. The summed E-state index contributed by atoms with van der Waals surface area (Å²) in [5.41, 5.74) is 1.83. The molecule has 0 amide bonds. The fourth-order valence-corrected chi connectivity index (χ4v) is 4.24. The van der Waals surface area contributed by atoms with Gasteiger partial charge < -0.3 is 10.6 Å². The Kier molecular flexibility index (Phi) is 6.53. The molecule has 1 saturated heterocycles. The van der Waals surface area contributed by atoms with E-state index in [1.54, 1.807) is 37.0 Å². The summed E-state index contributed by atoms with van der Waals surface area (Å²) >= 11 is 0. The molecule has 1 aliphatic heterocycles. The zero-order chi connectivity index (χ0) is 16.8. The third-order valence-corrected chi connectivity index (χ3v) is 5.40.